The summed E-state index contributed by atoms with van der Waals surface area (Å²) in [5.41, 5.74) is 5.02. The smallest absolute Gasteiger partial charge is 0.332 e. The van der Waals surface area contributed by atoms with Gasteiger partial charge in [-0.3, -0.25) is 18.7 Å². The molecule has 0 spiro atoms. The highest BCUT2D eigenvalue weighted by atomic mass is 16.5. The Morgan fingerprint density at radius 1 is 1.37 bits per heavy atom. The van der Waals surface area contributed by atoms with E-state index in [1.807, 2.05) is 26.0 Å². The monoisotopic (exact) mass is 410 g/mol. The van der Waals surface area contributed by atoms with Gasteiger partial charge in [0.05, 0.1) is 6.61 Å². The van der Waals surface area contributed by atoms with E-state index >= 15 is 0 Å². The number of anilines is 1. The Hall–Kier alpha value is -3.80. The zero-order valence-corrected chi connectivity index (χ0v) is 17.2. The van der Waals surface area contributed by atoms with Crippen molar-refractivity contribution < 1.29 is 14.3 Å². The third kappa shape index (κ3) is 3.48. The molecule has 3 rings (SSSR count). The highest BCUT2D eigenvalue weighted by Gasteiger charge is 2.25. The van der Waals surface area contributed by atoms with E-state index in [0.29, 0.717) is 23.7 Å². The molecular formula is C21H22N4O5. The Bertz CT molecular complexity index is 1230. The fraction of sp³-hybridized carbons (Fsp3) is 0.333. The molecule has 2 aromatic rings. The molecule has 2 heterocycles. The summed E-state index contributed by atoms with van der Waals surface area (Å²) in [5, 5.41) is 9.62. The summed E-state index contributed by atoms with van der Waals surface area (Å²) < 4.78 is 13.2. The van der Waals surface area contributed by atoms with Gasteiger partial charge in [-0.25, -0.2) is 4.79 Å². The molecule has 0 fully saturated rings. The van der Waals surface area contributed by atoms with Gasteiger partial charge in [-0.15, -0.1) is 0 Å². The summed E-state index contributed by atoms with van der Waals surface area (Å²) in [7, 11) is 2.58. The molecule has 2 N–H and O–H groups in total. The SMILES string of the molecule is CCOc1cc2c(cc1/C=C(\C#N)C(=O)c1c(N)n(C)c(=O)n(C)c1=O)O[C@H](C)C2. The molecule has 0 aliphatic carbocycles. The zero-order valence-electron chi connectivity index (χ0n) is 17.2. The number of Topliss-reactive ketones (excluding diaryl/α,β-unsaturated/α-hetero) is 1. The molecule has 0 unspecified atom stereocenters. The van der Waals surface area contributed by atoms with Crippen molar-refractivity contribution in [2.75, 3.05) is 12.3 Å². The van der Waals surface area contributed by atoms with Crippen molar-refractivity contribution in [3.8, 4) is 17.6 Å². The van der Waals surface area contributed by atoms with E-state index in [2.05, 4.69) is 0 Å². The number of hydrogen-bond acceptors (Lipinski definition) is 7. The van der Waals surface area contributed by atoms with Gasteiger partial charge < -0.3 is 15.2 Å². The van der Waals surface area contributed by atoms with Gasteiger partial charge in [0.1, 0.15) is 40.6 Å². The maximum atomic E-state index is 13.0. The third-order valence-corrected chi connectivity index (χ3v) is 4.93. The first-order valence-corrected chi connectivity index (χ1v) is 9.37. The average Bonchev–Trinajstić information content (AvgIpc) is 3.07. The lowest BCUT2D eigenvalue weighted by Crippen LogP contribution is -2.41. The maximum absolute atomic E-state index is 13.0. The van der Waals surface area contributed by atoms with Gasteiger partial charge >= 0.3 is 5.69 Å². The number of benzene rings is 1. The Morgan fingerprint density at radius 3 is 2.70 bits per heavy atom. The van der Waals surface area contributed by atoms with Crippen LogP contribution in [0.4, 0.5) is 5.82 Å². The van der Waals surface area contributed by atoms with Crippen LogP contribution in [0.15, 0.2) is 27.3 Å². The molecular weight excluding hydrogens is 388 g/mol. The minimum absolute atomic E-state index is 0.0131. The summed E-state index contributed by atoms with van der Waals surface area (Å²) in [6, 6.07) is 5.36. The van der Waals surface area contributed by atoms with Crippen molar-refractivity contribution in [3.05, 3.63) is 55.2 Å². The van der Waals surface area contributed by atoms with Crippen LogP contribution in [-0.2, 0) is 20.5 Å². The van der Waals surface area contributed by atoms with Crippen molar-refractivity contribution in [2.45, 2.75) is 26.4 Å². The van der Waals surface area contributed by atoms with Gasteiger partial charge in [-0.2, -0.15) is 5.26 Å². The van der Waals surface area contributed by atoms with Gasteiger partial charge in [0.2, 0.25) is 5.78 Å². The first kappa shape index (κ1) is 20.9. The molecule has 30 heavy (non-hydrogen) atoms. The molecule has 1 aliphatic heterocycles. The normalized spacial score (nSPS) is 15.3. The van der Waals surface area contributed by atoms with Crippen LogP contribution in [0.3, 0.4) is 0 Å². The van der Waals surface area contributed by atoms with Crippen LogP contribution in [0.1, 0.15) is 35.3 Å². The van der Waals surface area contributed by atoms with E-state index < -0.39 is 22.6 Å². The van der Waals surface area contributed by atoms with Crippen LogP contribution in [0.25, 0.3) is 6.08 Å². The maximum Gasteiger partial charge on any atom is 0.332 e. The van der Waals surface area contributed by atoms with Crippen molar-refractivity contribution in [1.82, 2.24) is 9.13 Å². The predicted octanol–water partition coefficient (Wildman–Crippen LogP) is 1.18. The van der Waals surface area contributed by atoms with Crippen LogP contribution in [0.5, 0.6) is 11.5 Å². The zero-order chi connectivity index (χ0) is 22.2. The van der Waals surface area contributed by atoms with Crippen LogP contribution in [0, 0.1) is 11.3 Å². The van der Waals surface area contributed by atoms with Crippen LogP contribution < -0.4 is 26.5 Å². The summed E-state index contributed by atoms with van der Waals surface area (Å²) in [4.78, 5) is 37.5. The van der Waals surface area contributed by atoms with Gasteiger partial charge in [0, 0.05) is 31.6 Å². The Labute approximate surface area is 172 Å². The van der Waals surface area contributed by atoms with E-state index in [-0.39, 0.29) is 17.5 Å². The Kier molecular flexibility index (Phi) is 5.52. The number of aromatic nitrogens is 2. The highest BCUT2D eigenvalue weighted by Crippen LogP contribution is 2.36. The number of carbonyl (C=O) groups excluding carboxylic acids is 1. The number of nitrogens with two attached hydrogens (primary N) is 1. The molecule has 156 valence electrons. The van der Waals surface area contributed by atoms with E-state index in [4.69, 9.17) is 15.2 Å². The van der Waals surface area contributed by atoms with Crippen molar-refractivity contribution in [3.63, 3.8) is 0 Å². The summed E-state index contributed by atoms with van der Waals surface area (Å²) in [6.45, 7) is 4.16. The van der Waals surface area contributed by atoms with Crippen LogP contribution in [-0.4, -0.2) is 27.6 Å². The molecule has 0 amide bonds. The average molecular weight is 410 g/mol. The molecule has 9 nitrogen and oxygen atoms in total. The number of nitriles is 1. The van der Waals surface area contributed by atoms with Crippen LogP contribution in [0.2, 0.25) is 0 Å². The highest BCUT2D eigenvalue weighted by molar-refractivity contribution is 6.16. The standard InChI is InChI=1S/C21H22N4O5/c1-5-29-15-8-12-6-11(2)30-16(12)9-13(15)7-14(10-22)18(26)17-19(23)24(3)21(28)25(4)20(17)27/h7-9,11H,5-6,23H2,1-4H3/b14-7+/t11-/m1/s1. The first-order chi connectivity index (χ1) is 14.2. The summed E-state index contributed by atoms with van der Waals surface area (Å²) in [5.74, 6) is -0.0239. The lowest BCUT2D eigenvalue weighted by molar-refractivity contribution is 0.103. The number of fused-ring (bicyclic) bond motifs is 1. The number of allylic oxidation sites excluding steroid dienone is 1. The second-order valence-electron chi connectivity index (χ2n) is 7.03. The molecule has 0 bridgehead atoms. The van der Waals surface area contributed by atoms with E-state index in [9.17, 15) is 19.6 Å². The quantitative estimate of drug-likeness (QED) is 0.445. The number of hydrogen-bond donors (Lipinski definition) is 1. The molecule has 1 aliphatic rings. The number of carbonyl (C=O) groups is 1. The lowest BCUT2D eigenvalue weighted by Gasteiger charge is -2.12. The second-order valence-corrected chi connectivity index (χ2v) is 7.03. The van der Waals surface area contributed by atoms with Gasteiger partial charge in [-0.1, -0.05) is 0 Å². The topological polar surface area (TPSA) is 129 Å². The number of ether oxygens (including phenoxy) is 2. The van der Waals surface area contributed by atoms with E-state index in [1.165, 1.54) is 20.2 Å². The van der Waals surface area contributed by atoms with Crippen molar-refractivity contribution in [1.29, 1.82) is 5.26 Å². The number of nitrogen functional groups attached to an aromatic ring is 1. The fourth-order valence-electron chi connectivity index (χ4n) is 3.36. The Balaban J connectivity index is 2.16. The third-order valence-electron chi connectivity index (χ3n) is 4.93. The van der Waals surface area contributed by atoms with Gasteiger partial charge in [0.25, 0.3) is 5.56 Å². The molecule has 1 atom stereocenters. The Morgan fingerprint density at radius 2 is 2.07 bits per heavy atom. The summed E-state index contributed by atoms with van der Waals surface area (Å²) in [6.07, 6.45) is 2.08. The first-order valence-electron chi connectivity index (χ1n) is 9.37. The predicted molar refractivity (Wildman–Crippen MR) is 111 cm³/mol. The molecule has 0 saturated carbocycles. The molecule has 0 radical (unpaired) electrons. The van der Waals surface area contributed by atoms with Gasteiger partial charge in [0.15, 0.2) is 0 Å². The minimum Gasteiger partial charge on any atom is -0.493 e. The number of ketones is 1. The molecule has 1 aromatic heterocycles. The largest absolute Gasteiger partial charge is 0.493 e. The minimum atomic E-state index is -0.872. The molecule has 1 aromatic carbocycles. The lowest BCUT2D eigenvalue weighted by atomic mass is 10.0. The second kappa shape index (κ2) is 7.91. The van der Waals surface area contributed by atoms with Crippen molar-refractivity contribution >= 4 is 17.7 Å². The molecule has 0 saturated heterocycles. The summed E-state index contributed by atoms with van der Waals surface area (Å²) >= 11 is 0. The fourth-order valence-corrected chi connectivity index (χ4v) is 3.36. The van der Waals surface area contributed by atoms with Gasteiger partial charge in [-0.05, 0) is 32.1 Å². The number of rotatable bonds is 5. The number of nitrogens with zero attached hydrogens (tertiary/aromatic N) is 3. The molecule has 9 heteroatoms. The van der Waals surface area contributed by atoms with E-state index in [0.717, 1.165) is 21.1 Å². The van der Waals surface area contributed by atoms with Crippen molar-refractivity contribution in [2.24, 2.45) is 14.1 Å². The van der Waals surface area contributed by atoms with E-state index in [1.54, 1.807) is 6.07 Å². The van der Waals surface area contributed by atoms with Crippen LogP contribution >= 0.6 is 0 Å².